The van der Waals surface area contributed by atoms with Gasteiger partial charge in [-0.1, -0.05) is 15.9 Å². The van der Waals surface area contributed by atoms with E-state index in [0.29, 0.717) is 0 Å². The minimum Gasteiger partial charge on any atom is -0.465 e. The summed E-state index contributed by atoms with van der Waals surface area (Å²) < 4.78 is 28.8. The first-order chi connectivity index (χ1) is 7.45. The molecule has 1 aromatic rings. The monoisotopic (exact) mass is 306 g/mol. The number of hydrogen-bond donors (Lipinski definition) is 0. The van der Waals surface area contributed by atoms with Crippen molar-refractivity contribution < 1.29 is 17.9 Å². The number of rotatable bonds is 4. The highest BCUT2D eigenvalue weighted by atomic mass is 79.9. The Balaban J connectivity index is 2.86. The van der Waals surface area contributed by atoms with E-state index >= 15 is 0 Å². The summed E-state index contributed by atoms with van der Waals surface area (Å²) in [5.41, 5.74) is 0. The van der Waals surface area contributed by atoms with Crippen molar-refractivity contribution in [2.24, 2.45) is 0 Å². The van der Waals surface area contributed by atoms with E-state index in [9.17, 15) is 13.2 Å². The summed E-state index contributed by atoms with van der Waals surface area (Å²) in [5, 5.41) is 0. The van der Waals surface area contributed by atoms with E-state index in [-0.39, 0.29) is 11.5 Å². The molecule has 0 saturated heterocycles. The Morgan fingerprint density at radius 2 is 1.88 bits per heavy atom. The van der Waals surface area contributed by atoms with Crippen LogP contribution < -0.4 is 0 Å². The van der Waals surface area contributed by atoms with Crippen LogP contribution in [0.15, 0.2) is 33.6 Å². The van der Waals surface area contributed by atoms with Gasteiger partial charge in [0.15, 0.2) is 15.6 Å². The average molecular weight is 307 g/mol. The number of ether oxygens (including phenoxy) is 1. The third kappa shape index (κ3) is 3.61. The summed E-state index contributed by atoms with van der Waals surface area (Å²) in [7, 11) is -3.59. The smallest absolute Gasteiger partial charge is 0.321 e. The van der Waals surface area contributed by atoms with Crippen molar-refractivity contribution in [1.29, 1.82) is 0 Å². The fourth-order valence-corrected chi connectivity index (χ4v) is 2.46. The van der Waals surface area contributed by atoms with Gasteiger partial charge < -0.3 is 4.74 Å². The van der Waals surface area contributed by atoms with E-state index < -0.39 is 21.6 Å². The Morgan fingerprint density at radius 1 is 1.31 bits per heavy atom. The van der Waals surface area contributed by atoms with E-state index in [1.165, 1.54) is 12.1 Å². The van der Waals surface area contributed by atoms with Gasteiger partial charge in [0.2, 0.25) is 0 Å². The molecule has 4 nitrogen and oxygen atoms in total. The third-order valence-electron chi connectivity index (χ3n) is 1.79. The lowest BCUT2D eigenvalue weighted by Gasteiger charge is -2.04. The molecule has 1 aromatic carbocycles. The molecule has 0 N–H and O–H groups in total. The number of hydrogen-bond acceptors (Lipinski definition) is 4. The van der Waals surface area contributed by atoms with Crippen molar-refractivity contribution in [3.8, 4) is 0 Å². The van der Waals surface area contributed by atoms with Gasteiger partial charge in [0.05, 0.1) is 11.5 Å². The van der Waals surface area contributed by atoms with Gasteiger partial charge in [-0.05, 0) is 31.2 Å². The lowest BCUT2D eigenvalue weighted by Crippen LogP contribution is -2.18. The predicted molar refractivity (Wildman–Crippen MR) is 62.8 cm³/mol. The van der Waals surface area contributed by atoms with Gasteiger partial charge in [0.1, 0.15) is 0 Å². The van der Waals surface area contributed by atoms with Gasteiger partial charge in [0.25, 0.3) is 0 Å². The lowest BCUT2D eigenvalue weighted by atomic mass is 10.4. The Morgan fingerprint density at radius 3 is 2.38 bits per heavy atom. The average Bonchev–Trinajstić information content (AvgIpc) is 2.17. The Bertz CT molecular complexity index is 464. The number of carbonyl (C=O) groups is 1. The molecule has 0 aliphatic carbocycles. The van der Waals surface area contributed by atoms with Crippen LogP contribution in [-0.4, -0.2) is 26.7 Å². The van der Waals surface area contributed by atoms with E-state index in [0.717, 1.165) is 4.47 Å². The molecule has 0 atom stereocenters. The topological polar surface area (TPSA) is 60.4 Å². The van der Waals surface area contributed by atoms with Crippen molar-refractivity contribution in [2.45, 2.75) is 11.8 Å². The van der Waals surface area contributed by atoms with Crippen LogP contribution in [0.5, 0.6) is 0 Å². The molecular weight excluding hydrogens is 296 g/mol. The van der Waals surface area contributed by atoms with Crippen molar-refractivity contribution >= 4 is 31.7 Å². The fraction of sp³-hybridized carbons (Fsp3) is 0.300. The first-order valence-corrected chi connectivity index (χ1v) is 7.04. The summed E-state index contributed by atoms with van der Waals surface area (Å²) in [5.74, 6) is -1.35. The molecule has 0 aliphatic rings. The zero-order valence-electron chi connectivity index (χ0n) is 8.64. The van der Waals surface area contributed by atoms with Crippen molar-refractivity contribution in [3.63, 3.8) is 0 Å². The van der Waals surface area contributed by atoms with Crippen LogP contribution in [0.1, 0.15) is 6.92 Å². The second-order valence-corrected chi connectivity index (χ2v) is 5.92. The molecule has 0 bridgehead atoms. The molecule has 0 spiro atoms. The number of halogens is 1. The summed E-state index contributed by atoms with van der Waals surface area (Å²) >= 11 is 3.20. The summed E-state index contributed by atoms with van der Waals surface area (Å²) in [6, 6.07) is 6.10. The summed E-state index contributed by atoms with van der Waals surface area (Å²) in [6.07, 6.45) is 0. The normalized spacial score (nSPS) is 11.1. The molecule has 0 aliphatic heterocycles. The highest BCUT2D eigenvalue weighted by Gasteiger charge is 2.19. The molecular formula is C10H11BrO4S. The molecule has 16 heavy (non-hydrogen) atoms. The van der Waals surface area contributed by atoms with Crippen molar-refractivity contribution in [1.82, 2.24) is 0 Å². The summed E-state index contributed by atoms with van der Waals surface area (Å²) in [6.45, 7) is 1.80. The maximum Gasteiger partial charge on any atom is 0.321 e. The van der Waals surface area contributed by atoms with E-state index in [1.807, 2.05) is 0 Å². The fourth-order valence-electron chi connectivity index (χ4n) is 1.08. The molecule has 88 valence electrons. The minimum atomic E-state index is -3.59. The Kier molecular flexibility index (Phi) is 4.49. The van der Waals surface area contributed by atoms with Crippen LogP contribution in [0.25, 0.3) is 0 Å². The standard InChI is InChI=1S/C10H11BrO4S/c1-2-15-10(12)7-16(13,14)9-5-3-8(11)4-6-9/h3-6H,2,7H2,1H3. The SMILES string of the molecule is CCOC(=O)CS(=O)(=O)c1ccc(Br)cc1. The predicted octanol–water partition coefficient (Wildman–Crippen LogP) is 1.79. The molecule has 0 heterocycles. The van der Waals surface area contributed by atoms with Gasteiger partial charge in [-0.15, -0.1) is 0 Å². The summed E-state index contributed by atoms with van der Waals surface area (Å²) in [4.78, 5) is 11.2. The van der Waals surface area contributed by atoms with Crippen LogP contribution in [0.4, 0.5) is 0 Å². The Hall–Kier alpha value is -0.880. The lowest BCUT2D eigenvalue weighted by molar-refractivity contribution is -0.139. The maximum absolute atomic E-state index is 11.7. The molecule has 0 unspecified atom stereocenters. The van der Waals surface area contributed by atoms with Crippen LogP contribution >= 0.6 is 15.9 Å². The number of carbonyl (C=O) groups excluding carboxylic acids is 1. The Labute approximate surface area is 103 Å². The number of sulfone groups is 1. The van der Waals surface area contributed by atoms with Gasteiger partial charge in [0, 0.05) is 4.47 Å². The van der Waals surface area contributed by atoms with E-state index in [4.69, 9.17) is 0 Å². The molecule has 0 saturated carbocycles. The molecule has 0 radical (unpaired) electrons. The molecule has 0 amide bonds. The van der Waals surface area contributed by atoms with Crippen molar-refractivity contribution in [3.05, 3.63) is 28.7 Å². The van der Waals surface area contributed by atoms with Crippen LogP contribution in [0.2, 0.25) is 0 Å². The van der Waals surface area contributed by atoms with Crippen LogP contribution in [0, 0.1) is 0 Å². The van der Waals surface area contributed by atoms with Gasteiger partial charge in [-0.25, -0.2) is 8.42 Å². The van der Waals surface area contributed by atoms with Crippen LogP contribution in [0.3, 0.4) is 0 Å². The van der Waals surface area contributed by atoms with Crippen LogP contribution in [-0.2, 0) is 19.4 Å². The van der Waals surface area contributed by atoms with E-state index in [1.54, 1.807) is 19.1 Å². The molecule has 0 aromatic heterocycles. The largest absolute Gasteiger partial charge is 0.465 e. The maximum atomic E-state index is 11.7. The molecule has 0 fully saturated rings. The molecule has 1 rings (SSSR count). The first kappa shape index (κ1) is 13.2. The highest BCUT2D eigenvalue weighted by Crippen LogP contribution is 2.15. The quantitative estimate of drug-likeness (QED) is 0.796. The van der Waals surface area contributed by atoms with Gasteiger partial charge in [-0.3, -0.25) is 4.79 Å². The first-order valence-electron chi connectivity index (χ1n) is 4.59. The second-order valence-electron chi connectivity index (χ2n) is 3.02. The highest BCUT2D eigenvalue weighted by molar-refractivity contribution is 9.10. The number of esters is 1. The second kappa shape index (κ2) is 5.45. The minimum absolute atomic E-state index is 0.115. The third-order valence-corrected chi connectivity index (χ3v) is 3.92. The molecule has 6 heteroatoms. The van der Waals surface area contributed by atoms with Crippen molar-refractivity contribution in [2.75, 3.05) is 12.4 Å². The van der Waals surface area contributed by atoms with Gasteiger partial charge >= 0.3 is 5.97 Å². The zero-order valence-corrected chi connectivity index (χ0v) is 11.0. The van der Waals surface area contributed by atoms with E-state index in [2.05, 4.69) is 20.7 Å². The van der Waals surface area contributed by atoms with Gasteiger partial charge in [-0.2, -0.15) is 0 Å². The zero-order chi connectivity index (χ0) is 12.2. The number of benzene rings is 1.